The van der Waals surface area contributed by atoms with Gasteiger partial charge in [-0.25, -0.2) is 9.97 Å². The molecule has 0 atom stereocenters. The summed E-state index contributed by atoms with van der Waals surface area (Å²) in [6.07, 6.45) is 0. The zero-order chi connectivity index (χ0) is 30.8. The van der Waals surface area contributed by atoms with E-state index in [1.807, 2.05) is 30.3 Å². The molecule has 0 unspecified atom stereocenters. The molecule has 0 bridgehead atoms. The summed E-state index contributed by atoms with van der Waals surface area (Å²) < 4.78 is 6.05. The summed E-state index contributed by atoms with van der Waals surface area (Å²) in [6, 6.07) is 51.2. The van der Waals surface area contributed by atoms with Crippen LogP contribution in [0.1, 0.15) is 25.0 Å². The molecule has 0 radical (unpaired) electrons. The second kappa shape index (κ2) is 10.1. The first kappa shape index (κ1) is 26.6. The Bertz CT molecular complexity index is 2440. The largest absolute Gasteiger partial charge is 0.456 e. The maximum atomic E-state index is 6.05. The molecule has 3 nitrogen and oxygen atoms in total. The van der Waals surface area contributed by atoms with Crippen LogP contribution in [-0.2, 0) is 5.41 Å². The molecule has 3 heteroatoms. The van der Waals surface area contributed by atoms with Crippen LogP contribution in [0, 0.1) is 0 Å². The summed E-state index contributed by atoms with van der Waals surface area (Å²) in [5.41, 5.74) is 14.3. The second-order valence-electron chi connectivity index (χ2n) is 12.6. The Morgan fingerprint density at radius 2 is 1.07 bits per heavy atom. The molecule has 9 rings (SSSR count). The Kier molecular flexibility index (Phi) is 5.85. The minimum Gasteiger partial charge on any atom is -0.456 e. The lowest BCUT2D eigenvalue weighted by molar-refractivity contribution is 0.660. The van der Waals surface area contributed by atoms with E-state index in [2.05, 4.69) is 129 Å². The zero-order valence-electron chi connectivity index (χ0n) is 25.7. The third kappa shape index (κ3) is 4.20. The van der Waals surface area contributed by atoms with Crippen molar-refractivity contribution < 1.29 is 4.42 Å². The van der Waals surface area contributed by atoms with Gasteiger partial charge < -0.3 is 4.42 Å². The first-order chi connectivity index (χ1) is 22.5. The van der Waals surface area contributed by atoms with E-state index in [0.717, 1.165) is 67.0 Å². The molecule has 1 aliphatic rings. The van der Waals surface area contributed by atoms with Crippen molar-refractivity contribution in [1.82, 2.24) is 9.97 Å². The molecule has 6 aromatic carbocycles. The van der Waals surface area contributed by atoms with E-state index in [1.54, 1.807) is 0 Å². The summed E-state index contributed by atoms with van der Waals surface area (Å²) >= 11 is 0. The van der Waals surface area contributed by atoms with E-state index in [9.17, 15) is 0 Å². The van der Waals surface area contributed by atoms with Gasteiger partial charge in [-0.15, -0.1) is 0 Å². The van der Waals surface area contributed by atoms with E-state index in [0.29, 0.717) is 0 Å². The Hall–Kier alpha value is -5.80. The zero-order valence-corrected chi connectivity index (χ0v) is 25.7. The van der Waals surface area contributed by atoms with E-state index >= 15 is 0 Å². The third-order valence-corrected chi connectivity index (χ3v) is 9.53. The summed E-state index contributed by atoms with van der Waals surface area (Å²) in [7, 11) is 0. The number of fused-ring (bicyclic) bond motifs is 6. The van der Waals surface area contributed by atoms with Crippen LogP contribution in [0.4, 0.5) is 0 Å². The van der Waals surface area contributed by atoms with Gasteiger partial charge in [0.05, 0.1) is 11.4 Å². The molecule has 0 saturated carbocycles. The fourth-order valence-electron chi connectivity index (χ4n) is 7.06. The standard InChI is InChI=1S/C43H30N2O/c1-43(2)36-14-8-6-12-32(36)33-22-20-31(25-37(33)43)39-26-38(44-42(45-39)29-10-4-3-5-11-29)28-18-16-27(17-19-28)30-21-23-41-35(24-30)34-13-7-9-15-40(34)46-41/h3-26H,1-2H3. The highest BCUT2D eigenvalue weighted by molar-refractivity contribution is 6.06. The number of para-hydroxylation sites is 1. The predicted octanol–water partition coefficient (Wildman–Crippen LogP) is 11.4. The first-order valence-corrected chi connectivity index (χ1v) is 15.7. The third-order valence-electron chi connectivity index (χ3n) is 9.53. The van der Waals surface area contributed by atoms with Gasteiger partial charge in [0.25, 0.3) is 0 Å². The average Bonchev–Trinajstić information content (AvgIpc) is 3.60. The van der Waals surface area contributed by atoms with Gasteiger partial charge in [-0.3, -0.25) is 0 Å². The molecule has 0 spiro atoms. The quantitative estimate of drug-likeness (QED) is 0.205. The van der Waals surface area contributed by atoms with Crippen molar-refractivity contribution in [3.05, 3.63) is 157 Å². The van der Waals surface area contributed by atoms with Crippen molar-refractivity contribution in [2.45, 2.75) is 19.3 Å². The lowest BCUT2D eigenvalue weighted by Crippen LogP contribution is -2.14. The van der Waals surface area contributed by atoms with Gasteiger partial charge in [0.2, 0.25) is 0 Å². The highest BCUT2D eigenvalue weighted by Crippen LogP contribution is 2.49. The molecular weight excluding hydrogens is 560 g/mol. The van der Waals surface area contributed by atoms with Crippen molar-refractivity contribution in [3.63, 3.8) is 0 Å². The summed E-state index contributed by atoms with van der Waals surface area (Å²) in [6.45, 7) is 4.63. The van der Waals surface area contributed by atoms with E-state index in [1.165, 1.54) is 22.3 Å². The summed E-state index contributed by atoms with van der Waals surface area (Å²) in [5, 5.41) is 2.27. The smallest absolute Gasteiger partial charge is 0.160 e. The lowest BCUT2D eigenvalue weighted by Gasteiger charge is -2.22. The molecule has 2 heterocycles. The van der Waals surface area contributed by atoms with Crippen LogP contribution < -0.4 is 0 Å². The minimum absolute atomic E-state index is 0.0817. The summed E-state index contributed by atoms with van der Waals surface area (Å²) in [5.74, 6) is 0.720. The normalized spacial score (nSPS) is 13.2. The molecule has 0 fully saturated rings. The molecule has 8 aromatic rings. The molecule has 0 amide bonds. The van der Waals surface area contributed by atoms with Gasteiger partial charge in [-0.1, -0.05) is 129 Å². The Balaban J connectivity index is 1.13. The van der Waals surface area contributed by atoms with Crippen LogP contribution >= 0.6 is 0 Å². The number of furan rings is 1. The summed E-state index contributed by atoms with van der Waals surface area (Å²) in [4.78, 5) is 10.2. The molecule has 0 aliphatic heterocycles. The van der Waals surface area contributed by atoms with E-state index in [4.69, 9.17) is 14.4 Å². The van der Waals surface area contributed by atoms with Crippen molar-refractivity contribution in [2.24, 2.45) is 0 Å². The van der Waals surface area contributed by atoms with Crippen molar-refractivity contribution in [2.75, 3.05) is 0 Å². The Labute approximate surface area is 267 Å². The van der Waals surface area contributed by atoms with Gasteiger partial charge in [0.15, 0.2) is 5.82 Å². The average molecular weight is 591 g/mol. The highest BCUT2D eigenvalue weighted by Gasteiger charge is 2.35. The highest BCUT2D eigenvalue weighted by atomic mass is 16.3. The monoisotopic (exact) mass is 590 g/mol. The Morgan fingerprint density at radius 3 is 1.91 bits per heavy atom. The van der Waals surface area contributed by atoms with Crippen LogP contribution in [0.5, 0.6) is 0 Å². The van der Waals surface area contributed by atoms with Gasteiger partial charge >= 0.3 is 0 Å². The minimum atomic E-state index is -0.0817. The van der Waals surface area contributed by atoms with Gasteiger partial charge in [0, 0.05) is 32.9 Å². The van der Waals surface area contributed by atoms with Crippen molar-refractivity contribution in [1.29, 1.82) is 0 Å². The van der Waals surface area contributed by atoms with E-state index < -0.39 is 0 Å². The second-order valence-corrected chi connectivity index (χ2v) is 12.6. The van der Waals surface area contributed by atoms with Crippen LogP contribution in [0.15, 0.2) is 150 Å². The number of hydrogen-bond acceptors (Lipinski definition) is 3. The van der Waals surface area contributed by atoms with Crippen molar-refractivity contribution in [3.8, 4) is 56.2 Å². The van der Waals surface area contributed by atoms with Gasteiger partial charge in [0.1, 0.15) is 11.2 Å². The van der Waals surface area contributed by atoms with Gasteiger partial charge in [-0.2, -0.15) is 0 Å². The molecule has 46 heavy (non-hydrogen) atoms. The topological polar surface area (TPSA) is 38.9 Å². The SMILES string of the molecule is CC1(C)c2ccccc2-c2ccc(-c3cc(-c4ccc(-c5ccc6oc7ccccc7c6c5)cc4)nc(-c4ccccc4)n3)cc21. The molecule has 1 aliphatic carbocycles. The maximum Gasteiger partial charge on any atom is 0.160 e. The van der Waals surface area contributed by atoms with Crippen LogP contribution in [0.25, 0.3) is 78.1 Å². The maximum absolute atomic E-state index is 6.05. The Morgan fingerprint density at radius 1 is 0.435 bits per heavy atom. The van der Waals surface area contributed by atoms with Crippen LogP contribution in [0.3, 0.4) is 0 Å². The molecule has 0 N–H and O–H groups in total. The predicted molar refractivity (Wildman–Crippen MR) is 189 cm³/mol. The van der Waals surface area contributed by atoms with Crippen LogP contribution in [0.2, 0.25) is 0 Å². The number of aromatic nitrogens is 2. The molecule has 218 valence electrons. The number of rotatable bonds is 4. The number of benzene rings is 6. The van der Waals surface area contributed by atoms with E-state index in [-0.39, 0.29) is 5.41 Å². The number of hydrogen-bond donors (Lipinski definition) is 0. The molecular formula is C43H30N2O. The number of nitrogens with zero attached hydrogens (tertiary/aromatic N) is 2. The van der Waals surface area contributed by atoms with Crippen molar-refractivity contribution >= 4 is 21.9 Å². The van der Waals surface area contributed by atoms with Crippen LogP contribution in [-0.4, -0.2) is 9.97 Å². The first-order valence-electron chi connectivity index (χ1n) is 15.7. The molecule has 0 saturated heterocycles. The lowest BCUT2D eigenvalue weighted by atomic mass is 9.82. The molecule has 2 aromatic heterocycles. The van der Waals surface area contributed by atoms with Gasteiger partial charge in [-0.05, 0) is 63.7 Å². The fourth-order valence-corrected chi connectivity index (χ4v) is 7.06. The fraction of sp³-hybridized carbons (Fsp3) is 0.0698.